The van der Waals surface area contributed by atoms with Gasteiger partial charge in [-0.15, -0.1) is 11.3 Å². The quantitative estimate of drug-likeness (QED) is 0.467. The minimum Gasteiger partial charge on any atom is -0.462 e. The minimum absolute atomic E-state index is 0.0446. The second kappa shape index (κ2) is 10.4. The molecule has 0 atom stereocenters. The number of carbonyl (C=O) groups is 4. The number of aryl methyl sites for hydroxylation is 2. The number of para-hydroxylation sites is 1. The van der Waals surface area contributed by atoms with E-state index in [1.807, 2.05) is 38.1 Å². The van der Waals surface area contributed by atoms with Crippen molar-refractivity contribution in [1.82, 2.24) is 4.98 Å². The van der Waals surface area contributed by atoms with Crippen LogP contribution in [0.4, 0.5) is 5.00 Å². The molecule has 2 amide bonds. The summed E-state index contributed by atoms with van der Waals surface area (Å²) >= 11 is 0.860. The highest BCUT2D eigenvalue weighted by molar-refractivity contribution is 7.18. The second-order valence-corrected chi connectivity index (χ2v) is 8.42. The van der Waals surface area contributed by atoms with Gasteiger partial charge >= 0.3 is 11.9 Å². The van der Waals surface area contributed by atoms with Crippen molar-refractivity contribution in [2.75, 3.05) is 18.5 Å². The zero-order valence-electron chi connectivity index (χ0n) is 19.3. The monoisotopic (exact) mass is 483 g/mol. The molecule has 10 heteroatoms. The Morgan fingerprint density at radius 3 is 2.32 bits per heavy atom. The number of ether oxygens (including phenoxy) is 2. The molecule has 0 radical (unpaired) electrons. The number of hydrogen-bond acceptors (Lipinski definition) is 8. The van der Waals surface area contributed by atoms with Gasteiger partial charge < -0.3 is 20.5 Å². The van der Waals surface area contributed by atoms with Crippen molar-refractivity contribution < 1.29 is 28.7 Å². The van der Waals surface area contributed by atoms with Gasteiger partial charge in [-0.2, -0.15) is 0 Å². The van der Waals surface area contributed by atoms with Crippen LogP contribution in [0.3, 0.4) is 0 Å². The van der Waals surface area contributed by atoms with Crippen LogP contribution in [0.5, 0.6) is 0 Å². The van der Waals surface area contributed by atoms with Gasteiger partial charge in [0.05, 0.1) is 33.8 Å². The molecule has 3 aromatic rings. The van der Waals surface area contributed by atoms with Gasteiger partial charge in [0.15, 0.2) is 6.61 Å². The summed E-state index contributed by atoms with van der Waals surface area (Å²) in [5.41, 5.74) is 8.13. The van der Waals surface area contributed by atoms with Gasteiger partial charge in [-0.3, -0.25) is 14.6 Å². The molecule has 0 fully saturated rings. The molecule has 3 N–H and O–H groups in total. The molecule has 0 saturated carbocycles. The molecule has 0 saturated heterocycles. The number of fused-ring (bicyclic) bond motifs is 1. The van der Waals surface area contributed by atoms with Crippen molar-refractivity contribution in [3.8, 4) is 0 Å². The largest absolute Gasteiger partial charge is 0.462 e. The third-order valence-electron chi connectivity index (χ3n) is 5.20. The van der Waals surface area contributed by atoms with E-state index in [9.17, 15) is 19.2 Å². The molecule has 3 rings (SSSR count). The molecule has 9 nitrogen and oxygen atoms in total. The molecule has 178 valence electrons. The molecule has 0 unspecified atom stereocenters. The number of esters is 2. The zero-order chi connectivity index (χ0) is 25.0. The van der Waals surface area contributed by atoms with Gasteiger partial charge in [-0.25, -0.2) is 9.59 Å². The molecule has 1 aromatic carbocycles. The van der Waals surface area contributed by atoms with Crippen LogP contribution in [0.15, 0.2) is 24.3 Å². The smallest absolute Gasteiger partial charge is 0.341 e. The number of aromatic nitrogens is 1. The molecule has 0 bridgehead atoms. The first-order valence-corrected chi connectivity index (χ1v) is 11.5. The summed E-state index contributed by atoms with van der Waals surface area (Å²) in [7, 11) is 0. The molecular formula is C24H25N3O6S. The number of carbonyl (C=O) groups excluding carboxylic acids is 4. The first kappa shape index (κ1) is 24.8. The number of thiophene rings is 1. The Hall–Kier alpha value is -3.79. The maximum Gasteiger partial charge on any atom is 0.341 e. The standard InChI is InChI=1S/C24H25N3O6S/c1-5-15-18(12(3)14-9-7-8-10-16(14)26-15)23(30)33-11-17(28)27-22-19(24(31)32-6-2)13(4)20(34-22)21(25)29/h7-10H,5-6,11H2,1-4H3,(H2,25,29)(H,27,28). The lowest BCUT2D eigenvalue weighted by atomic mass is 10.0. The lowest BCUT2D eigenvalue weighted by Crippen LogP contribution is -2.23. The molecular weight excluding hydrogens is 458 g/mol. The predicted molar refractivity (Wildman–Crippen MR) is 128 cm³/mol. The van der Waals surface area contributed by atoms with E-state index in [0.29, 0.717) is 23.2 Å². The van der Waals surface area contributed by atoms with E-state index in [0.717, 1.165) is 27.8 Å². The van der Waals surface area contributed by atoms with Crippen molar-refractivity contribution >= 4 is 51.0 Å². The Balaban J connectivity index is 1.80. The number of nitrogens with zero attached hydrogens (tertiary/aromatic N) is 1. The van der Waals surface area contributed by atoms with Crippen LogP contribution in [0.1, 0.15) is 61.1 Å². The molecule has 0 aliphatic heterocycles. The first-order chi connectivity index (χ1) is 16.2. The van der Waals surface area contributed by atoms with E-state index in [1.165, 1.54) is 0 Å². The second-order valence-electron chi connectivity index (χ2n) is 7.40. The zero-order valence-corrected chi connectivity index (χ0v) is 20.1. The maximum atomic E-state index is 12.9. The number of anilines is 1. The first-order valence-electron chi connectivity index (χ1n) is 10.6. The van der Waals surface area contributed by atoms with Gasteiger partial charge in [-0.05, 0) is 44.4 Å². The SMILES string of the molecule is CCOC(=O)c1c(NC(=O)COC(=O)c2c(CC)nc3ccccc3c2C)sc(C(N)=O)c1C. The lowest BCUT2D eigenvalue weighted by molar-refractivity contribution is -0.119. The highest BCUT2D eigenvalue weighted by Gasteiger charge is 2.26. The lowest BCUT2D eigenvalue weighted by Gasteiger charge is -2.13. The molecule has 0 spiro atoms. The van der Waals surface area contributed by atoms with Crippen LogP contribution in [-0.2, 0) is 20.7 Å². The number of amides is 2. The molecule has 0 aliphatic carbocycles. The number of hydrogen-bond donors (Lipinski definition) is 2. The molecule has 34 heavy (non-hydrogen) atoms. The average molecular weight is 484 g/mol. The fourth-order valence-electron chi connectivity index (χ4n) is 3.62. The van der Waals surface area contributed by atoms with Gasteiger partial charge in [0.25, 0.3) is 11.8 Å². The number of rotatable bonds is 8. The fourth-order valence-corrected chi connectivity index (χ4v) is 4.68. The van der Waals surface area contributed by atoms with Crippen molar-refractivity contribution in [3.63, 3.8) is 0 Å². The number of primary amides is 1. The van der Waals surface area contributed by atoms with Crippen LogP contribution in [0, 0.1) is 13.8 Å². The van der Waals surface area contributed by atoms with Crippen molar-refractivity contribution in [2.24, 2.45) is 5.73 Å². The maximum absolute atomic E-state index is 12.9. The van der Waals surface area contributed by atoms with E-state index in [2.05, 4.69) is 10.3 Å². The van der Waals surface area contributed by atoms with Crippen LogP contribution >= 0.6 is 11.3 Å². The third-order valence-corrected chi connectivity index (χ3v) is 6.43. The number of benzene rings is 1. The summed E-state index contributed by atoms with van der Waals surface area (Å²) in [6.07, 6.45) is 0.509. The number of pyridine rings is 1. The summed E-state index contributed by atoms with van der Waals surface area (Å²) in [6, 6.07) is 7.47. The number of nitrogens with one attached hydrogen (secondary N) is 1. The van der Waals surface area contributed by atoms with Crippen molar-refractivity contribution in [3.05, 3.63) is 57.1 Å². The number of nitrogens with two attached hydrogens (primary N) is 1. The molecule has 2 heterocycles. The van der Waals surface area contributed by atoms with Gasteiger partial charge in [0, 0.05) is 5.39 Å². The average Bonchev–Trinajstić information content (AvgIpc) is 3.13. The molecule has 0 aliphatic rings. The van der Waals surface area contributed by atoms with Crippen LogP contribution in [0.25, 0.3) is 10.9 Å². The topological polar surface area (TPSA) is 138 Å². The van der Waals surface area contributed by atoms with Crippen molar-refractivity contribution in [1.29, 1.82) is 0 Å². The predicted octanol–water partition coefficient (Wildman–Crippen LogP) is 3.55. The van der Waals surface area contributed by atoms with E-state index in [-0.39, 0.29) is 22.0 Å². The minimum atomic E-state index is -0.730. The van der Waals surface area contributed by atoms with E-state index < -0.39 is 30.4 Å². The fraction of sp³-hybridized carbons (Fsp3) is 0.292. The summed E-state index contributed by atoms with van der Waals surface area (Å²) in [5.74, 6) is -2.78. The Kier molecular flexibility index (Phi) is 7.62. The van der Waals surface area contributed by atoms with Gasteiger partial charge in [-0.1, -0.05) is 25.1 Å². The molecule has 2 aromatic heterocycles. The Morgan fingerprint density at radius 2 is 1.68 bits per heavy atom. The summed E-state index contributed by atoms with van der Waals surface area (Å²) < 4.78 is 10.3. The third kappa shape index (κ3) is 4.91. The summed E-state index contributed by atoms with van der Waals surface area (Å²) in [5, 5.41) is 3.45. The van der Waals surface area contributed by atoms with E-state index >= 15 is 0 Å². The van der Waals surface area contributed by atoms with E-state index in [1.54, 1.807) is 13.8 Å². The van der Waals surface area contributed by atoms with Crippen LogP contribution in [0.2, 0.25) is 0 Å². The Bertz CT molecular complexity index is 1300. The Morgan fingerprint density at radius 1 is 1.00 bits per heavy atom. The normalized spacial score (nSPS) is 10.7. The summed E-state index contributed by atoms with van der Waals surface area (Å²) in [4.78, 5) is 54.2. The highest BCUT2D eigenvalue weighted by atomic mass is 32.1. The van der Waals surface area contributed by atoms with Crippen LogP contribution < -0.4 is 11.1 Å². The summed E-state index contributed by atoms with van der Waals surface area (Å²) in [6.45, 7) is 6.39. The van der Waals surface area contributed by atoms with Gasteiger partial charge in [0.2, 0.25) is 0 Å². The Labute approximate surface area is 200 Å². The van der Waals surface area contributed by atoms with Crippen LogP contribution in [-0.4, -0.2) is 42.0 Å². The van der Waals surface area contributed by atoms with Gasteiger partial charge in [0.1, 0.15) is 5.00 Å². The highest BCUT2D eigenvalue weighted by Crippen LogP contribution is 2.33. The van der Waals surface area contributed by atoms with Crippen molar-refractivity contribution in [2.45, 2.75) is 34.1 Å². The van der Waals surface area contributed by atoms with E-state index in [4.69, 9.17) is 15.2 Å².